The van der Waals surface area contributed by atoms with Gasteiger partial charge in [0.05, 0.1) is 13.2 Å². The Morgan fingerprint density at radius 2 is 1.71 bits per heavy atom. The van der Waals surface area contributed by atoms with Crippen LogP contribution in [0.2, 0.25) is 0 Å². The molecule has 2 rings (SSSR count). The molecule has 1 amide bonds. The summed E-state index contributed by atoms with van der Waals surface area (Å²) in [5, 5.41) is 2.80. The fourth-order valence-electron chi connectivity index (χ4n) is 1.92. The average molecular weight is 289 g/mol. The van der Waals surface area contributed by atoms with E-state index in [-0.39, 0.29) is 11.7 Å². The lowest BCUT2D eigenvalue weighted by molar-refractivity contribution is 0.0994. The van der Waals surface area contributed by atoms with E-state index in [0.717, 1.165) is 0 Å². The number of nitrogens with one attached hydrogen (secondary N) is 1. The first-order chi connectivity index (χ1) is 10.2. The second-order valence-corrected chi connectivity index (χ2v) is 4.36. The predicted octanol–water partition coefficient (Wildman–Crippen LogP) is 3.64. The van der Waals surface area contributed by atoms with Crippen molar-refractivity contribution in [3.8, 4) is 11.5 Å². The van der Waals surface area contributed by atoms with Gasteiger partial charge in [0, 0.05) is 0 Å². The highest BCUT2D eigenvalue weighted by Crippen LogP contribution is 2.35. The number of rotatable bonds is 6. The first kappa shape index (κ1) is 15.0. The number of hydrogen-bond donors (Lipinski definition) is 1. The molecule has 0 aliphatic carbocycles. The number of ether oxygens (including phenoxy) is 2. The molecular formula is C16H19NO4. The van der Waals surface area contributed by atoms with Gasteiger partial charge in [-0.05, 0) is 45.0 Å². The van der Waals surface area contributed by atoms with E-state index in [1.807, 2.05) is 19.9 Å². The minimum absolute atomic E-state index is 0.251. The fourth-order valence-corrected chi connectivity index (χ4v) is 1.92. The minimum atomic E-state index is -0.337. The van der Waals surface area contributed by atoms with E-state index in [4.69, 9.17) is 13.9 Å². The lowest BCUT2D eigenvalue weighted by Gasteiger charge is -2.15. The van der Waals surface area contributed by atoms with Crippen LogP contribution in [0.15, 0.2) is 34.7 Å². The molecule has 0 radical (unpaired) electrons. The zero-order valence-corrected chi connectivity index (χ0v) is 12.4. The minimum Gasteiger partial charge on any atom is -0.492 e. The number of benzene rings is 1. The van der Waals surface area contributed by atoms with Gasteiger partial charge in [-0.15, -0.1) is 0 Å². The molecular weight excluding hydrogens is 270 g/mol. The molecule has 1 heterocycles. The standard InChI is InChI=1S/C16H19NO4/c1-4-19-12-7-6-8-13(20-5-2)15(12)17-16(18)14-10-9-11(3)21-14/h6-10H,4-5H2,1-3H3,(H,17,18). The number of hydrogen-bond acceptors (Lipinski definition) is 4. The van der Waals surface area contributed by atoms with Crippen LogP contribution >= 0.6 is 0 Å². The molecule has 0 aliphatic rings. The van der Waals surface area contributed by atoms with Gasteiger partial charge in [-0.3, -0.25) is 4.79 Å². The van der Waals surface area contributed by atoms with Gasteiger partial charge in [0.2, 0.25) is 0 Å². The molecule has 0 saturated heterocycles. The average Bonchev–Trinajstić information content (AvgIpc) is 2.89. The van der Waals surface area contributed by atoms with Crippen molar-refractivity contribution < 1.29 is 18.7 Å². The highest BCUT2D eigenvalue weighted by molar-refractivity contribution is 6.04. The van der Waals surface area contributed by atoms with Gasteiger partial charge < -0.3 is 19.2 Å². The lowest BCUT2D eigenvalue weighted by Crippen LogP contribution is -2.13. The van der Waals surface area contributed by atoms with E-state index >= 15 is 0 Å². The van der Waals surface area contributed by atoms with Crippen LogP contribution in [0.3, 0.4) is 0 Å². The molecule has 0 aliphatic heterocycles. The van der Waals surface area contributed by atoms with E-state index in [2.05, 4.69) is 5.32 Å². The molecule has 5 heteroatoms. The third-order valence-electron chi connectivity index (χ3n) is 2.79. The van der Waals surface area contributed by atoms with Crippen molar-refractivity contribution in [2.24, 2.45) is 0 Å². The third kappa shape index (κ3) is 3.56. The molecule has 0 spiro atoms. The second-order valence-electron chi connectivity index (χ2n) is 4.36. The van der Waals surface area contributed by atoms with E-state index in [1.54, 1.807) is 31.2 Å². The molecule has 0 unspecified atom stereocenters. The Morgan fingerprint density at radius 1 is 1.10 bits per heavy atom. The van der Waals surface area contributed by atoms with E-state index in [9.17, 15) is 4.79 Å². The molecule has 0 atom stereocenters. The monoisotopic (exact) mass is 289 g/mol. The zero-order chi connectivity index (χ0) is 15.2. The summed E-state index contributed by atoms with van der Waals surface area (Å²) in [6.07, 6.45) is 0. The number of anilines is 1. The summed E-state index contributed by atoms with van der Waals surface area (Å²) >= 11 is 0. The van der Waals surface area contributed by atoms with Gasteiger partial charge in [0.25, 0.3) is 5.91 Å². The summed E-state index contributed by atoms with van der Waals surface area (Å²) in [5.74, 6) is 1.74. The second kappa shape index (κ2) is 6.83. The van der Waals surface area contributed by atoms with Gasteiger partial charge in [-0.1, -0.05) is 6.07 Å². The van der Waals surface area contributed by atoms with Crippen LogP contribution in [0.4, 0.5) is 5.69 Å². The Balaban J connectivity index is 2.29. The molecule has 0 bridgehead atoms. The Hall–Kier alpha value is -2.43. The maximum Gasteiger partial charge on any atom is 0.291 e. The number of para-hydroxylation sites is 1. The first-order valence-electron chi connectivity index (χ1n) is 6.92. The van der Waals surface area contributed by atoms with Crippen molar-refractivity contribution in [1.82, 2.24) is 0 Å². The molecule has 2 aromatic rings. The highest BCUT2D eigenvalue weighted by Gasteiger charge is 2.17. The molecule has 1 N–H and O–H groups in total. The molecule has 21 heavy (non-hydrogen) atoms. The van der Waals surface area contributed by atoms with Crippen molar-refractivity contribution in [3.05, 3.63) is 41.9 Å². The molecule has 0 saturated carbocycles. The Morgan fingerprint density at radius 3 is 2.19 bits per heavy atom. The van der Waals surface area contributed by atoms with Gasteiger partial charge in [0.15, 0.2) is 5.76 Å². The number of aryl methyl sites for hydroxylation is 1. The van der Waals surface area contributed by atoms with Gasteiger partial charge in [-0.2, -0.15) is 0 Å². The number of amides is 1. The molecule has 0 fully saturated rings. The molecule has 1 aromatic carbocycles. The SMILES string of the molecule is CCOc1cccc(OCC)c1NC(=O)c1ccc(C)o1. The summed E-state index contributed by atoms with van der Waals surface area (Å²) in [6.45, 7) is 6.55. The number of furan rings is 1. The molecule has 112 valence electrons. The lowest BCUT2D eigenvalue weighted by atomic mass is 10.2. The van der Waals surface area contributed by atoms with E-state index < -0.39 is 0 Å². The Bertz CT molecular complexity index is 594. The molecule has 1 aromatic heterocycles. The Labute approximate surface area is 123 Å². The van der Waals surface area contributed by atoms with Crippen molar-refractivity contribution in [3.63, 3.8) is 0 Å². The van der Waals surface area contributed by atoms with Crippen LogP contribution in [0.1, 0.15) is 30.2 Å². The van der Waals surface area contributed by atoms with E-state index in [1.165, 1.54) is 0 Å². The summed E-state index contributed by atoms with van der Waals surface area (Å²) in [6, 6.07) is 8.77. The van der Waals surface area contributed by atoms with Crippen molar-refractivity contribution in [2.45, 2.75) is 20.8 Å². The zero-order valence-electron chi connectivity index (χ0n) is 12.4. The van der Waals surface area contributed by atoms with Gasteiger partial charge in [-0.25, -0.2) is 0 Å². The first-order valence-corrected chi connectivity index (χ1v) is 6.92. The normalized spacial score (nSPS) is 10.2. The summed E-state index contributed by atoms with van der Waals surface area (Å²) in [4.78, 5) is 12.2. The summed E-state index contributed by atoms with van der Waals surface area (Å²) in [5.41, 5.74) is 0.514. The van der Waals surface area contributed by atoms with Crippen LogP contribution in [-0.2, 0) is 0 Å². The smallest absolute Gasteiger partial charge is 0.291 e. The van der Waals surface area contributed by atoms with E-state index in [0.29, 0.717) is 36.2 Å². The third-order valence-corrected chi connectivity index (χ3v) is 2.79. The fraction of sp³-hybridized carbons (Fsp3) is 0.312. The highest BCUT2D eigenvalue weighted by atomic mass is 16.5. The number of carbonyl (C=O) groups excluding carboxylic acids is 1. The van der Waals surface area contributed by atoms with Crippen molar-refractivity contribution >= 4 is 11.6 Å². The van der Waals surface area contributed by atoms with Gasteiger partial charge in [0.1, 0.15) is 22.9 Å². The maximum absolute atomic E-state index is 12.2. The summed E-state index contributed by atoms with van der Waals surface area (Å²) in [7, 11) is 0. The van der Waals surface area contributed by atoms with Crippen LogP contribution in [0, 0.1) is 6.92 Å². The largest absolute Gasteiger partial charge is 0.492 e. The molecule has 5 nitrogen and oxygen atoms in total. The van der Waals surface area contributed by atoms with Crippen LogP contribution in [0.5, 0.6) is 11.5 Å². The quantitative estimate of drug-likeness (QED) is 0.882. The van der Waals surface area contributed by atoms with Crippen LogP contribution in [-0.4, -0.2) is 19.1 Å². The van der Waals surface area contributed by atoms with Crippen molar-refractivity contribution in [2.75, 3.05) is 18.5 Å². The maximum atomic E-state index is 12.2. The van der Waals surface area contributed by atoms with Gasteiger partial charge >= 0.3 is 0 Å². The Kier molecular flexibility index (Phi) is 4.87. The van der Waals surface area contributed by atoms with Crippen LogP contribution in [0.25, 0.3) is 0 Å². The van der Waals surface area contributed by atoms with Crippen LogP contribution < -0.4 is 14.8 Å². The summed E-state index contributed by atoms with van der Waals surface area (Å²) < 4.78 is 16.4. The predicted molar refractivity (Wildman–Crippen MR) is 80.2 cm³/mol. The number of carbonyl (C=O) groups is 1. The van der Waals surface area contributed by atoms with Crippen molar-refractivity contribution in [1.29, 1.82) is 0 Å². The topological polar surface area (TPSA) is 60.7 Å².